The van der Waals surface area contributed by atoms with Crippen LogP contribution in [0.25, 0.3) is 10.9 Å². The van der Waals surface area contributed by atoms with Crippen molar-refractivity contribution in [2.24, 2.45) is 12.8 Å². The van der Waals surface area contributed by atoms with Gasteiger partial charge in [-0.1, -0.05) is 6.07 Å². The van der Waals surface area contributed by atoms with Crippen molar-refractivity contribution in [1.29, 1.82) is 0 Å². The molecule has 2 aromatic rings. The molecule has 3 heteroatoms. The Hall–Kier alpha value is -1.35. The molecule has 86 valence electrons. The zero-order valence-corrected chi connectivity index (χ0v) is 9.97. The van der Waals surface area contributed by atoms with Crippen LogP contribution in [0.15, 0.2) is 12.1 Å². The number of hydrogen-bond donors (Lipinski definition) is 1. The van der Waals surface area contributed by atoms with E-state index in [1.165, 1.54) is 11.6 Å². The van der Waals surface area contributed by atoms with Crippen LogP contribution in [0, 0.1) is 19.7 Å². The molecule has 1 heterocycles. The van der Waals surface area contributed by atoms with Gasteiger partial charge in [0.2, 0.25) is 0 Å². The molecule has 2 nitrogen and oxygen atoms in total. The first-order chi connectivity index (χ1) is 7.57. The molecule has 0 radical (unpaired) electrons. The van der Waals surface area contributed by atoms with Gasteiger partial charge in [-0.15, -0.1) is 0 Å². The van der Waals surface area contributed by atoms with Crippen LogP contribution in [0.1, 0.15) is 16.8 Å². The van der Waals surface area contributed by atoms with Crippen molar-refractivity contribution in [3.05, 3.63) is 34.8 Å². The fraction of sp³-hybridized carbons (Fsp3) is 0.385. The van der Waals surface area contributed by atoms with E-state index in [0.29, 0.717) is 12.1 Å². The minimum Gasteiger partial charge on any atom is -0.345 e. The minimum absolute atomic E-state index is 0.158. The van der Waals surface area contributed by atoms with Crippen LogP contribution in [0.5, 0.6) is 0 Å². The highest BCUT2D eigenvalue weighted by molar-refractivity contribution is 5.89. The van der Waals surface area contributed by atoms with Crippen LogP contribution in [0.3, 0.4) is 0 Å². The number of aromatic nitrogens is 1. The van der Waals surface area contributed by atoms with Crippen molar-refractivity contribution in [2.45, 2.75) is 20.3 Å². The standard InChI is InChI=1S/C13H17FN2/c1-8-4-5-11(14)13-12(8)10(6-7-15)9(2)16(13)3/h4-5H,6-7,15H2,1-3H3. The lowest BCUT2D eigenvalue weighted by Crippen LogP contribution is -2.04. The SMILES string of the molecule is Cc1ccc(F)c2c1c(CCN)c(C)n2C. The third-order valence-electron chi connectivity index (χ3n) is 3.31. The Morgan fingerprint density at radius 1 is 1.31 bits per heavy atom. The molecule has 0 saturated heterocycles. The molecule has 0 atom stereocenters. The van der Waals surface area contributed by atoms with E-state index in [1.807, 2.05) is 31.5 Å². The summed E-state index contributed by atoms with van der Waals surface area (Å²) in [6.45, 7) is 4.63. The Balaban J connectivity index is 2.90. The molecular formula is C13H17FN2. The van der Waals surface area contributed by atoms with Gasteiger partial charge in [0.05, 0.1) is 5.52 Å². The van der Waals surface area contributed by atoms with Crippen LogP contribution in [-0.2, 0) is 13.5 Å². The van der Waals surface area contributed by atoms with E-state index in [0.717, 1.165) is 23.1 Å². The Morgan fingerprint density at radius 2 is 2.00 bits per heavy atom. The molecule has 0 aliphatic rings. The van der Waals surface area contributed by atoms with E-state index in [-0.39, 0.29) is 5.82 Å². The molecule has 0 unspecified atom stereocenters. The molecule has 2 rings (SSSR count). The third-order valence-corrected chi connectivity index (χ3v) is 3.31. The van der Waals surface area contributed by atoms with Gasteiger partial charge >= 0.3 is 0 Å². The van der Waals surface area contributed by atoms with Crippen LogP contribution in [0.4, 0.5) is 4.39 Å². The maximum absolute atomic E-state index is 13.8. The largest absolute Gasteiger partial charge is 0.345 e. The van der Waals surface area contributed by atoms with Crippen LogP contribution >= 0.6 is 0 Å². The summed E-state index contributed by atoms with van der Waals surface area (Å²) in [7, 11) is 1.90. The first-order valence-electron chi connectivity index (χ1n) is 5.51. The van der Waals surface area contributed by atoms with Crippen molar-refractivity contribution >= 4 is 10.9 Å². The summed E-state index contributed by atoms with van der Waals surface area (Å²) in [5.41, 5.74) is 9.71. The lowest BCUT2D eigenvalue weighted by atomic mass is 10.0. The molecule has 16 heavy (non-hydrogen) atoms. The summed E-state index contributed by atoms with van der Waals surface area (Å²) in [5.74, 6) is -0.158. The average Bonchev–Trinajstić information content (AvgIpc) is 2.50. The normalized spacial score (nSPS) is 11.3. The van der Waals surface area contributed by atoms with Crippen LogP contribution in [-0.4, -0.2) is 11.1 Å². The number of fused-ring (bicyclic) bond motifs is 1. The highest BCUT2D eigenvalue weighted by Gasteiger charge is 2.16. The van der Waals surface area contributed by atoms with Gasteiger partial charge in [0.25, 0.3) is 0 Å². The number of hydrogen-bond acceptors (Lipinski definition) is 1. The van der Waals surface area contributed by atoms with Crippen molar-refractivity contribution in [1.82, 2.24) is 4.57 Å². The fourth-order valence-electron chi connectivity index (χ4n) is 2.38. The monoisotopic (exact) mass is 220 g/mol. The molecule has 0 aliphatic heterocycles. The van der Waals surface area contributed by atoms with Crippen molar-refractivity contribution in [3.63, 3.8) is 0 Å². The summed E-state index contributed by atoms with van der Waals surface area (Å²) >= 11 is 0. The van der Waals surface area contributed by atoms with Gasteiger partial charge in [-0.2, -0.15) is 0 Å². The van der Waals surface area contributed by atoms with Crippen LogP contribution < -0.4 is 5.73 Å². The van der Waals surface area contributed by atoms with Crippen LogP contribution in [0.2, 0.25) is 0 Å². The fourth-order valence-corrected chi connectivity index (χ4v) is 2.38. The maximum atomic E-state index is 13.8. The van der Waals surface area contributed by atoms with E-state index in [9.17, 15) is 4.39 Å². The van der Waals surface area contributed by atoms with E-state index in [4.69, 9.17) is 5.73 Å². The molecule has 0 aliphatic carbocycles. The molecular weight excluding hydrogens is 203 g/mol. The van der Waals surface area contributed by atoms with E-state index < -0.39 is 0 Å². The molecule has 0 amide bonds. The highest BCUT2D eigenvalue weighted by atomic mass is 19.1. The second-order valence-electron chi connectivity index (χ2n) is 4.25. The lowest BCUT2D eigenvalue weighted by molar-refractivity contribution is 0.630. The Labute approximate surface area is 94.9 Å². The van der Waals surface area contributed by atoms with Gasteiger partial charge in [0, 0.05) is 18.1 Å². The highest BCUT2D eigenvalue weighted by Crippen LogP contribution is 2.29. The molecule has 1 aromatic carbocycles. The minimum atomic E-state index is -0.158. The first kappa shape index (κ1) is 11.1. The summed E-state index contributed by atoms with van der Waals surface area (Å²) < 4.78 is 15.7. The molecule has 1 aromatic heterocycles. The number of aryl methyl sites for hydroxylation is 2. The first-order valence-corrected chi connectivity index (χ1v) is 5.51. The van der Waals surface area contributed by atoms with Crippen molar-refractivity contribution < 1.29 is 4.39 Å². The molecule has 0 bridgehead atoms. The van der Waals surface area contributed by atoms with E-state index in [1.54, 1.807) is 0 Å². The smallest absolute Gasteiger partial charge is 0.147 e. The number of halogens is 1. The summed E-state index contributed by atoms with van der Waals surface area (Å²) in [4.78, 5) is 0. The number of nitrogens with zero attached hydrogens (tertiary/aromatic N) is 1. The second kappa shape index (κ2) is 3.91. The Kier molecular flexibility index (Phi) is 2.72. The van der Waals surface area contributed by atoms with Gasteiger partial charge < -0.3 is 10.3 Å². The summed E-state index contributed by atoms with van der Waals surface area (Å²) in [6, 6.07) is 3.36. The molecule has 0 spiro atoms. The molecule has 0 saturated carbocycles. The van der Waals surface area contributed by atoms with Gasteiger partial charge in [-0.3, -0.25) is 0 Å². The van der Waals surface area contributed by atoms with Crippen molar-refractivity contribution in [2.75, 3.05) is 6.54 Å². The van der Waals surface area contributed by atoms with E-state index >= 15 is 0 Å². The van der Waals surface area contributed by atoms with Gasteiger partial charge in [-0.05, 0) is 44.0 Å². The number of benzene rings is 1. The van der Waals surface area contributed by atoms with E-state index in [2.05, 4.69) is 0 Å². The Bertz CT molecular complexity index is 541. The topological polar surface area (TPSA) is 30.9 Å². The predicted molar refractivity (Wildman–Crippen MR) is 65.1 cm³/mol. The summed E-state index contributed by atoms with van der Waals surface area (Å²) in [5, 5.41) is 1.03. The quantitative estimate of drug-likeness (QED) is 0.828. The second-order valence-corrected chi connectivity index (χ2v) is 4.25. The number of nitrogens with two attached hydrogens (primary N) is 1. The third kappa shape index (κ3) is 1.43. The Morgan fingerprint density at radius 3 is 2.62 bits per heavy atom. The molecule has 0 fully saturated rings. The molecule has 2 N–H and O–H groups in total. The van der Waals surface area contributed by atoms with Crippen molar-refractivity contribution in [3.8, 4) is 0 Å². The van der Waals surface area contributed by atoms with Gasteiger partial charge in [0.15, 0.2) is 0 Å². The zero-order valence-electron chi connectivity index (χ0n) is 9.97. The van der Waals surface area contributed by atoms with Gasteiger partial charge in [-0.25, -0.2) is 4.39 Å². The maximum Gasteiger partial charge on any atom is 0.147 e. The lowest BCUT2D eigenvalue weighted by Gasteiger charge is -2.02. The number of rotatable bonds is 2. The zero-order chi connectivity index (χ0) is 11.9. The van der Waals surface area contributed by atoms with Gasteiger partial charge in [0.1, 0.15) is 5.82 Å². The summed E-state index contributed by atoms with van der Waals surface area (Å²) in [6.07, 6.45) is 0.799. The average molecular weight is 220 g/mol. The predicted octanol–water partition coefficient (Wildman–Crippen LogP) is 2.44.